The van der Waals surface area contributed by atoms with Gasteiger partial charge in [-0.1, -0.05) is 146 Å². The van der Waals surface area contributed by atoms with Crippen LogP contribution in [0, 0.1) is 0 Å². The second kappa shape index (κ2) is 16.8. The lowest BCUT2D eigenvalue weighted by Crippen LogP contribution is -1.99. The Labute approximate surface area is 209 Å². The molecular formula is C32H46S. The molecule has 0 aliphatic heterocycles. The van der Waals surface area contributed by atoms with Crippen LogP contribution in [0.15, 0.2) is 48.5 Å². The van der Waals surface area contributed by atoms with Crippen LogP contribution in [0.1, 0.15) is 119 Å². The highest BCUT2D eigenvalue weighted by Gasteiger charge is 2.07. The Kier molecular flexibility index (Phi) is 14.0. The summed E-state index contributed by atoms with van der Waals surface area (Å²) in [7, 11) is 0. The van der Waals surface area contributed by atoms with Crippen LogP contribution in [0.4, 0.5) is 0 Å². The molecule has 0 aliphatic carbocycles. The van der Waals surface area contributed by atoms with E-state index in [2.05, 4.69) is 57.2 Å². The van der Waals surface area contributed by atoms with Crippen LogP contribution in [-0.2, 0) is 19.3 Å². The fourth-order valence-corrected chi connectivity index (χ4v) is 4.83. The van der Waals surface area contributed by atoms with Gasteiger partial charge in [-0.15, -0.1) is 0 Å². The van der Waals surface area contributed by atoms with E-state index >= 15 is 0 Å². The number of aryl methyl sites for hydroxylation is 3. The highest BCUT2D eigenvalue weighted by atomic mass is 32.1. The molecule has 2 aromatic rings. The average Bonchev–Trinajstić information content (AvgIpc) is 2.86. The van der Waals surface area contributed by atoms with Crippen LogP contribution in [0.2, 0.25) is 0 Å². The van der Waals surface area contributed by atoms with Gasteiger partial charge < -0.3 is 0 Å². The predicted octanol–water partition coefficient (Wildman–Crippen LogP) is 10.1. The van der Waals surface area contributed by atoms with Gasteiger partial charge in [0, 0.05) is 4.86 Å². The van der Waals surface area contributed by atoms with Gasteiger partial charge in [0.15, 0.2) is 0 Å². The molecule has 0 N–H and O–H groups in total. The Hall–Kier alpha value is -1.73. The van der Waals surface area contributed by atoms with Crippen LogP contribution in [0.25, 0.3) is 6.08 Å². The van der Waals surface area contributed by atoms with Gasteiger partial charge in [-0.3, -0.25) is 0 Å². The summed E-state index contributed by atoms with van der Waals surface area (Å²) in [5.74, 6) is 0. The zero-order valence-electron chi connectivity index (χ0n) is 21.5. The Morgan fingerprint density at radius 2 is 1.24 bits per heavy atom. The molecule has 1 heteroatoms. The first-order chi connectivity index (χ1) is 16.2. The Balaban J connectivity index is 1.82. The lowest BCUT2D eigenvalue weighted by atomic mass is 9.92. The predicted molar refractivity (Wildman–Crippen MR) is 153 cm³/mol. The van der Waals surface area contributed by atoms with Crippen molar-refractivity contribution in [3.8, 4) is 0 Å². The smallest absolute Gasteiger partial charge is 0.0449 e. The third-order valence-electron chi connectivity index (χ3n) is 6.75. The molecule has 0 bridgehead atoms. The van der Waals surface area contributed by atoms with Crippen LogP contribution in [0.5, 0.6) is 0 Å². The van der Waals surface area contributed by atoms with Gasteiger partial charge in [0.25, 0.3) is 0 Å². The standard InChI is InChI=1S/C32H46S/c1-4-7-8-9-10-11-12-13-14-15-17-22-30-25-28(6-3)31(26-27(30)5-2)23-24-32(33)29-20-18-16-19-21-29/h16,18-21,23-26H,4-15,17,22H2,1-3H3. The van der Waals surface area contributed by atoms with Gasteiger partial charge in [-0.05, 0) is 59.6 Å². The molecule has 0 aliphatic rings. The van der Waals surface area contributed by atoms with Crippen LogP contribution in [-0.4, -0.2) is 4.86 Å². The first kappa shape index (κ1) is 27.5. The molecule has 2 aromatic carbocycles. The van der Waals surface area contributed by atoms with E-state index in [-0.39, 0.29) is 0 Å². The molecule has 33 heavy (non-hydrogen) atoms. The van der Waals surface area contributed by atoms with Crippen molar-refractivity contribution in [1.29, 1.82) is 0 Å². The fourth-order valence-electron chi connectivity index (χ4n) is 4.63. The molecule has 0 aromatic heterocycles. The molecule has 0 atom stereocenters. The van der Waals surface area contributed by atoms with E-state index in [9.17, 15) is 0 Å². The molecule has 0 nitrogen and oxygen atoms in total. The van der Waals surface area contributed by atoms with Crippen molar-refractivity contribution in [3.05, 3.63) is 76.4 Å². The molecule has 0 saturated heterocycles. The van der Waals surface area contributed by atoms with Crippen molar-refractivity contribution < 1.29 is 0 Å². The Bertz CT molecular complexity index is 831. The third-order valence-corrected chi connectivity index (χ3v) is 7.12. The third kappa shape index (κ3) is 10.4. The summed E-state index contributed by atoms with van der Waals surface area (Å²) in [5.41, 5.74) is 6.95. The Morgan fingerprint density at radius 1 is 0.667 bits per heavy atom. The summed E-state index contributed by atoms with van der Waals surface area (Å²) in [5, 5.41) is 0. The minimum atomic E-state index is 0.903. The normalized spacial score (nSPS) is 11.4. The zero-order valence-corrected chi connectivity index (χ0v) is 22.3. The molecule has 0 radical (unpaired) electrons. The van der Waals surface area contributed by atoms with E-state index in [1.165, 1.54) is 93.7 Å². The van der Waals surface area contributed by atoms with Crippen molar-refractivity contribution in [2.45, 2.75) is 111 Å². The van der Waals surface area contributed by atoms with E-state index in [1.807, 2.05) is 18.2 Å². The quantitative estimate of drug-likeness (QED) is 0.0975. The van der Waals surface area contributed by atoms with Gasteiger partial charge in [-0.2, -0.15) is 0 Å². The summed E-state index contributed by atoms with van der Waals surface area (Å²) in [6.45, 7) is 6.84. The van der Waals surface area contributed by atoms with Crippen LogP contribution in [0.3, 0.4) is 0 Å². The van der Waals surface area contributed by atoms with E-state index in [4.69, 9.17) is 12.2 Å². The largest absolute Gasteiger partial charge is 0.0795 e. The van der Waals surface area contributed by atoms with Gasteiger partial charge in [0.1, 0.15) is 0 Å². The summed E-state index contributed by atoms with van der Waals surface area (Å²) >= 11 is 5.63. The minimum Gasteiger partial charge on any atom is -0.0795 e. The molecular weight excluding hydrogens is 416 g/mol. The van der Waals surface area contributed by atoms with E-state index < -0.39 is 0 Å². The van der Waals surface area contributed by atoms with Gasteiger partial charge in [0.05, 0.1) is 0 Å². The minimum absolute atomic E-state index is 0.903. The fraction of sp³-hybridized carbons (Fsp3) is 0.531. The second-order valence-electron chi connectivity index (χ2n) is 9.38. The molecule has 2 rings (SSSR count). The molecule has 0 spiro atoms. The lowest BCUT2D eigenvalue weighted by molar-refractivity contribution is 0.549. The lowest BCUT2D eigenvalue weighted by Gasteiger charge is -2.14. The first-order valence-electron chi connectivity index (χ1n) is 13.6. The maximum atomic E-state index is 5.63. The van der Waals surface area contributed by atoms with Crippen molar-refractivity contribution in [2.24, 2.45) is 0 Å². The van der Waals surface area contributed by atoms with Gasteiger partial charge in [-0.25, -0.2) is 0 Å². The van der Waals surface area contributed by atoms with Crippen molar-refractivity contribution >= 4 is 23.2 Å². The van der Waals surface area contributed by atoms with E-state index in [0.717, 1.165) is 23.3 Å². The van der Waals surface area contributed by atoms with Crippen molar-refractivity contribution in [3.63, 3.8) is 0 Å². The highest BCUT2D eigenvalue weighted by molar-refractivity contribution is 7.81. The Morgan fingerprint density at radius 3 is 1.82 bits per heavy atom. The van der Waals surface area contributed by atoms with E-state index in [1.54, 1.807) is 5.56 Å². The molecule has 0 unspecified atom stereocenters. The van der Waals surface area contributed by atoms with Crippen LogP contribution >= 0.6 is 12.2 Å². The maximum Gasteiger partial charge on any atom is 0.0449 e. The number of allylic oxidation sites excluding steroid dienone is 1. The second-order valence-corrected chi connectivity index (χ2v) is 9.82. The molecule has 0 amide bonds. The average molecular weight is 463 g/mol. The first-order valence-corrected chi connectivity index (χ1v) is 14.0. The van der Waals surface area contributed by atoms with Crippen molar-refractivity contribution in [1.82, 2.24) is 0 Å². The number of hydrogen-bond donors (Lipinski definition) is 0. The van der Waals surface area contributed by atoms with Crippen molar-refractivity contribution in [2.75, 3.05) is 0 Å². The number of thiocarbonyl (C=S) groups is 1. The van der Waals surface area contributed by atoms with Crippen LogP contribution < -0.4 is 0 Å². The SMILES string of the molecule is CCCCCCCCCCCCCc1cc(CC)c(C=CC(=S)c2ccccc2)cc1CC. The molecule has 180 valence electrons. The number of benzene rings is 2. The molecule has 0 saturated carbocycles. The van der Waals surface area contributed by atoms with Gasteiger partial charge in [0.2, 0.25) is 0 Å². The number of unbranched alkanes of at least 4 members (excludes halogenated alkanes) is 10. The topological polar surface area (TPSA) is 0 Å². The summed E-state index contributed by atoms with van der Waals surface area (Å²) in [4.78, 5) is 0.903. The summed E-state index contributed by atoms with van der Waals surface area (Å²) < 4.78 is 0. The van der Waals surface area contributed by atoms with Gasteiger partial charge >= 0.3 is 0 Å². The number of hydrogen-bond acceptors (Lipinski definition) is 1. The molecule has 0 heterocycles. The highest BCUT2D eigenvalue weighted by Crippen LogP contribution is 2.23. The summed E-state index contributed by atoms with van der Waals surface area (Å²) in [6, 6.07) is 15.2. The maximum absolute atomic E-state index is 5.63. The number of rotatable bonds is 17. The van der Waals surface area contributed by atoms with E-state index in [0.29, 0.717) is 0 Å². The zero-order chi connectivity index (χ0) is 23.7. The molecule has 0 fully saturated rings. The summed E-state index contributed by atoms with van der Waals surface area (Å²) in [6.07, 6.45) is 23.2. The monoisotopic (exact) mass is 462 g/mol.